The molecule has 0 radical (unpaired) electrons. The molecule has 3 heteroatoms. The van der Waals surface area contributed by atoms with Gasteiger partial charge in [-0.05, 0) is 30.9 Å². The van der Waals surface area contributed by atoms with E-state index in [1.54, 1.807) is 0 Å². The van der Waals surface area contributed by atoms with E-state index in [1.807, 2.05) is 19.1 Å². The maximum atomic E-state index is 5.77. The fraction of sp³-hybridized carbons (Fsp3) is 0.462. The van der Waals surface area contributed by atoms with Crippen LogP contribution in [0.15, 0.2) is 22.6 Å². The quantitative estimate of drug-likeness (QED) is 0.813. The Balaban J connectivity index is 2.50. The molecule has 0 saturated carbocycles. The van der Waals surface area contributed by atoms with E-state index in [0.717, 1.165) is 17.5 Å². The molecule has 0 spiro atoms. The summed E-state index contributed by atoms with van der Waals surface area (Å²) in [5.74, 6) is 1.32. The van der Waals surface area contributed by atoms with Crippen LogP contribution in [-0.2, 0) is 6.42 Å². The van der Waals surface area contributed by atoms with Gasteiger partial charge in [-0.25, -0.2) is 4.98 Å². The number of fused-ring (bicyclic) bond motifs is 1. The standard InChI is InChI=1S/C13H17NOS/c1-8(2)7-10-5-4-6-11-12(10)15-13(14-11)9(3)16/h4-6,8-9,16H,7H2,1-3H3. The van der Waals surface area contributed by atoms with Crippen LogP contribution in [0.5, 0.6) is 0 Å². The van der Waals surface area contributed by atoms with Gasteiger partial charge in [0.1, 0.15) is 5.52 Å². The Bertz CT molecular complexity index is 488. The van der Waals surface area contributed by atoms with Crippen molar-refractivity contribution in [3.63, 3.8) is 0 Å². The highest BCUT2D eigenvalue weighted by Gasteiger charge is 2.13. The molecular weight excluding hydrogens is 218 g/mol. The van der Waals surface area contributed by atoms with Crippen molar-refractivity contribution in [2.24, 2.45) is 5.92 Å². The van der Waals surface area contributed by atoms with Gasteiger partial charge in [0.25, 0.3) is 0 Å². The SMILES string of the molecule is CC(C)Cc1cccc2nc(C(C)S)oc12. The van der Waals surface area contributed by atoms with E-state index in [0.29, 0.717) is 11.8 Å². The number of hydrogen-bond acceptors (Lipinski definition) is 3. The van der Waals surface area contributed by atoms with Crippen LogP contribution in [-0.4, -0.2) is 4.98 Å². The number of aromatic nitrogens is 1. The van der Waals surface area contributed by atoms with E-state index in [9.17, 15) is 0 Å². The zero-order chi connectivity index (χ0) is 11.7. The normalized spacial score (nSPS) is 13.6. The van der Waals surface area contributed by atoms with Crippen molar-refractivity contribution in [3.8, 4) is 0 Å². The summed E-state index contributed by atoms with van der Waals surface area (Å²) in [5, 5.41) is 0.0410. The third-order valence-electron chi connectivity index (χ3n) is 2.50. The van der Waals surface area contributed by atoms with Crippen molar-refractivity contribution < 1.29 is 4.42 Å². The van der Waals surface area contributed by atoms with Crippen molar-refractivity contribution >= 4 is 23.7 Å². The van der Waals surface area contributed by atoms with Crippen molar-refractivity contribution in [2.45, 2.75) is 32.4 Å². The topological polar surface area (TPSA) is 26.0 Å². The molecular formula is C13H17NOS. The summed E-state index contributed by atoms with van der Waals surface area (Å²) in [6.45, 7) is 6.38. The Morgan fingerprint density at radius 2 is 2.06 bits per heavy atom. The lowest BCUT2D eigenvalue weighted by Gasteiger charge is -2.04. The summed E-state index contributed by atoms with van der Waals surface area (Å²) >= 11 is 4.35. The van der Waals surface area contributed by atoms with E-state index < -0.39 is 0 Å². The van der Waals surface area contributed by atoms with Crippen LogP contribution in [0, 0.1) is 5.92 Å². The van der Waals surface area contributed by atoms with Gasteiger partial charge in [-0.1, -0.05) is 26.0 Å². The van der Waals surface area contributed by atoms with Gasteiger partial charge in [-0.2, -0.15) is 12.6 Å². The van der Waals surface area contributed by atoms with Gasteiger partial charge in [-0.15, -0.1) is 0 Å². The first-order valence-electron chi connectivity index (χ1n) is 5.64. The molecule has 0 saturated heterocycles. The first kappa shape index (κ1) is 11.5. The van der Waals surface area contributed by atoms with Crippen molar-refractivity contribution in [2.75, 3.05) is 0 Å². The second-order valence-electron chi connectivity index (χ2n) is 4.59. The largest absolute Gasteiger partial charge is 0.439 e. The first-order chi connectivity index (χ1) is 7.58. The molecule has 2 aromatic rings. The number of benzene rings is 1. The van der Waals surface area contributed by atoms with Crippen molar-refractivity contribution in [1.29, 1.82) is 0 Å². The average Bonchev–Trinajstić information content (AvgIpc) is 2.61. The van der Waals surface area contributed by atoms with Crippen LogP contribution >= 0.6 is 12.6 Å². The number of nitrogens with zero attached hydrogens (tertiary/aromatic N) is 1. The minimum atomic E-state index is 0.0410. The molecule has 0 fully saturated rings. The third kappa shape index (κ3) is 2.24. The molecule has 16 heavy (non-hydrogen) atoms. The van der Waals surface area contributed by atoms with E-state index in [2.05, 4.69) is 37.5 Å². The van der Waals surface area contributed by atoms with Crippen molar-refractivity contribution in [1.82, 2.24) is 4.98 Å². The van der Waals surface area contributed by atoms with E-state index in [-0.39, 0.29) is 5.25 Å². The Kier molecular flexibility index (Phi) is 3.24. The lowest BCUT2D eigenvalue weighted by molar-refractivity contribution is 0.528. The number of oxazole rings is 1. The van der Waals surface area contributed by atoms with Crippen molar-refractivity contribution in [3.05, 3.63) is 29.7 Å². The number of rotatable bonds is 3. The zero-order valence-electron chi connectivity index (χ0n) is 9.90. The zero-order valence-corrected chi connectivity index (χ0v) is 10.8. The van der Waals surface area contributed by atoms with Gasteiger partial charge in [0.2, 0.25) is 5.89 Å². The fourth-order valence-corrected chi connectivity index (χ4v) is 1.91. The third-order valence-corrected chi connectivity index (χ3v) is 2.72. The lowest BCUT2D eigenvalue weighted by Crippen LogP contribution is -1.93. The summed E-state index contributed by atoms with van der Waals surface area (Å²) in [4.78, 5) is 4.44. The van der Waals surface area contributed by atoms with Gasteiger partial charge in [-0.3, -0.25) is 0 Å². The second kappa shape index (κ2) is 4.50. The molecule has 1 aromatic carbocycles. The molecule has 0 aliphatic carbocycles. The van der Waals surface area contributed by atoms with Crippen LogP contribution in [0.2, 0.25) is 0 Å². The van der Waals surface area contributed by atoms with Crippen LogP contribution in [0.4, 0.5) is 0 Å². The predicted octanol–water partition coefficient (Wildman–Crippen LogP) is 4.02. The smallest absolute Gasteiger partial charge is 0.208 e. The maximum absolute atomic E-state index is 5.77. The van der Waals surface area contributed by atoms with Gasteiger partial charge in [0.15, 0.2) is 5.58 Å². The molecule has 1 aromatic heterocycles. The molecule has 86 valence electrons. The average molecular weight is 235 g/mol. The molecule has 1 unspecified atom stereocenters. The van der Waals surface area contributed by atoms with Gasteiger partial charge in [0.05, 0.1) is 5.25 Å². The van der Waals surface area contributed by atoms with Crippen LogP contribution in [0.3, 0.4) is 0 Å². The van der Waals surface area contributed by atoms with E-state index in [1.165, 1.54) is 5.56 Å². The minimum Gasteiger partial charge on any atom is -0.439 e. The Morgan fingerprint density at radius 3 is 2.69 bits per heavy atom. The monoisotopic (exact) mass is 235 g/mol. The first-order valence-corrected chi connectivity index (χ1v) is 6.16. The number of hydrogen-bond donors (Lipinski definition) is 1. The summed E-state index contributed by atoms with van der Waals surface area (Å²) in [6.07, 6.45) is 1.02. The molecule has 0 amide bonds. The molecule has 1 atom stereocenters. The van der Waals surface area contributed by atoms with E-state index in [4.69, 9.17) is 4.42 Å². The second-order valence-corrected chi connectivity index (χ2v) is 5.37. The summed E-state index contributed by atoms with van der Waals surface area (Å²) in [6, 6.07) is 6.14. The highest BCUT2D eigenvalue weighted by molar-refractivity contribution is 7.80. The summed E-state index contributed by atoms with van der Waals surface area (Å²) in [5.41, 5.74) is 3.10. The van der Waals surface area contributed by atoms with Gasteiger partial charge in [0, 0.05) is 0 Å². The van der Waals surface area contributed by atoms with E-state index >= 15 is 0 Å². The minimum absolute atomic E-state index is 0.0410. The highest BCUT2D eigenvalue weighted by Crippen LogP contribution is 2.27. The summed E-state index contributed by atoms with van der Waals surface area (Å²) < 4.78 is 5.77. The molecule has 0 aliphatic rings. The molecule has 1 heterocycles. The Morgan fingerprint density at radius 1 is 1.31 bits per heavy atom. The lowest BCUT2D eigenvalue weighted by atomic mass is 10.0. The summed E-state index contributed by atoms with van der Waals surface area (Å²) in [7, 11) is 0. The molecule has 2 rings (SSSR count). The highest BCUT2D eigenvalue weighted by atomic mass is 32.1. The van der Waals surface area contributed by atoms with Crippen LogP contribution in [0.1, 0.15) is 37.5 Å². The Hall–Kier alpha value is -0.960. The van der Waals surface area contributed by atoms with Gasteiger partial charge >= 0.3 is 0 Å². The molecule has 0 N–H and O–H groups in total. The fourth-order valence-electron chi connectivity index (χ4n) is 1.80. The molecule has 2 nitrogen and oxygen atoms in total. The predicted molar refractivity (Wildman–Crippen MR) is 70.0 cm³/mol. The number of para-hydroxylation sites is 1. The van der Waals surface area contributed by atoms with Crippen LogP contribution < -0.4 is 0 Å². The Labute approximate surface area is 101 Å². The van der Waals surface area contributed by atoms with Crippen LogP contribution in [0.25, 0.3) is 11.1 Å². The molecule has 0 bridgehead atoms. The number of thiol groups is 1. The van der Waals surface area contributed by atoms with Gasteiger partial charge < -0.3 is 4.42 Å². The molecule has 0 aliphatic heterocycles. The maximum Gasteiger partial charge on any atom is 0.208 e.